The topological polar surface area (TPSA) is 162 Å². The van der Waals surface area contributed by atoms with Crippen LogP contribution >= 0.6 is 0 Å². The van der Waals surface area contributed by atoms with Gasteiger partial charge in [-0.05, 0) is 12.5 Å². The van der Waals surface area contributed by atoms with Gasteiger partial charge in [0.25, 0.3) is 17.3 Å². The Kier molecular flexibility index (Phi) is 3.88. The summed E-state index contributed by atoms with van der Waals surface area (Å²) in [5.41, 5.74) is 4.02. The molecular weight excluding hydrogens is 298 g/mol. The second-order valence-corrected chi connectivity index (χ2v) is 4.53. The van der Waals surface area contributed by atoms with E-state index in [1.54, 1.807) is 0 Å². The van der Waals surface area contributed by atoms with Gasteiger partial charge in [-0.25, -0.2) is 4.79 Å². The van der Waals surface area contributed by atoms with E-state index >= 15 is 0 Å². The first-order chi connectivity index (χ1) is 10.3. The average molecular weight is 309 g/mol. The van der Waals surface area contributed by atoms with Gasteiger partial charge < -0.3 is 11.1 Å². The summed E-state index contributed by atoms with van der Waals surface area (Å²) in [6.07, 6.45) is 0.232. The van der Waals surface area contributed by atoms with E-state index in [0.29, 0.717) is 0 Å². The number of nitro benzene ring substituents is 2. The number of urea groups is 1. The minimum Gasteiger partial charge on any atom is -0.368 e. The number of primary amides is 1. The third-order valence-corrected chi connectivity index (χ3v) is 3.19. The van der Waals surface area contributed by atoms with Gasteiger partial charge in [0.15, 0.2) is 0 Å². The van der Waals surface area contributed by atoms with Crippen molar-refractivity contribution in [3.05, 3.63) is 38.4 Å². The molecule has 1 heterocycles. The smallest absolute Gasteiger partial charge is 0.321 e. The van der Waals surface area contributed by atoms with Crippen molar-refractivity contribution in [2.24, 2.45) is 5.73 Å². The van der Waals surface area contributed by atoms with Crippen molar-refractivity contribution >= 4 is 29.0 Å². The molecule has 1 aromatic carbocycles. The molecule has 0 aromatic heterocycles. The summed E-state index contributed by atoms with van der Waals surface area (Å²) >= 11 is 0. The van der Waals surface area contributed by atoms with Gasteiger partial charge in [0.1, 0.15) is 11.7 Å². The van der Waals surface area contributed by atoms with E-state index in [1.807, 2.05) is 0 Å². The third-order valence-electron chi connectivity index (χ3n) is 3.19. The molecule has 0 saturated carbocycles. The Labute approximate surface area is 123 Å². The fourth-order valence-corrected chi connectivity index (χ4v) is 2.13. The summed E-state index contributed by atoms with van der Waals surface area (Å²) in [7, 11) is 0. The number of rotatable bonds is 4. The first-order valence-corrected chi connectivity index (χ1v) is 6.11. The van der Waals surface area contributed by atoms with Gasteiger partial charge in [-0.15, -0.1) is 0 Å². The van der Waals surface area contributed by atoms with Crippen LogP contribution in [0.4, 0.5) is 21.9 Å². The summed E-state index contributed by atoms with van der Waals surface area (Å²) in [6.45, 7) is 0.104. The molecule has 1 aliphatic rings. The molecule has 1 atom stereocenters. The quantitative estimate of drug-likeness (QED) is 0.607. The molecule has 2 rings (SSSR count). The number of likely N-dealkylation sites (tertiary alicyclic amines) is 1. The number of anilines is 1. The molecule has 3 amide bonds. The van der Waals surface area contributed by atoms with E-state index in [9.17, 15) is 29.8 Å². The molecule has 1 fully saturated rings. The summed E-state index contributed by atoms with van der Waals surface area (Å²) < 4.78 is 0. The van der Waals surface area contributed by atoms with Crippen molar-refractivity contribution in [2.75, 3.05) is 11.9 Å². The Morgan fingerprint density at radius 2 is 2.00 bits per heavy atom. The van der Waals surface area contributed by atoms with Gasteiger partial charge in [-0.3, -0.25) is 29.9 Å². The standard InChI is InChI=1S/C11H11N5O6/c12-11(18)14-4-3-8(10(14)17)13-7-2-1-6(15(19)20)5-9(7)16(21)22/h1-2,5,8,13H,3-4H2,(H2,12,18)/t8-/m0/s1. The van der Waals surface area contributed by atoms with Gasteiger partial charge in [-0.2, -0.15) is 0 Å². The van der Waals surface area contributed by atoms with E-state index in [0.717, 1.165) is 23.1 Å². The molecule has 11 nitrogen and oxygen atoms in total. The SMILES string of the molecule is NC(=O)N1CC[C@H](Nc2ccc([N+](=O)[O-])cc2[N+](=O)[O-])C1=O. The molecule has 22 heavy (non-hydrogen) atoms. The second-order valence-electron chi connectivity index (χ2n) is 4.53. The van der Waals surface area contributed by atoms with Crippen LogP contribution in [0.3, 0.4) is 0 Å². The summed E-state index contributed by atoms with van der Waals surface area (Å²) in [4.78, 5) is 43.8. The van der Waals surface area contributed by atoms with Crippen LogP contribution in [0, 0.1) is 20.2 Å². The number of imide groups is 1. The number of carbonyl (C=O) groups excluding carboxylic acids is 2. The van der Waals surface area contributed by atoms with Crippen LogP contribution < -0.4 is 11.1 Å². The normalized spacial score (nSPS) is 17.4. The fraction of sp³-hybridized carbons (Fsp3) is 0.273. The van der Waals surface area contributed by atoms with Crippen molar-refractivity contribution in [3.8, 4) is 0 Å². The predicted octanol–water partition coefficient (Wildman–Crippen LogP) is 0.594. The number of nitro groups is 2. The number of nitrogens with one attached hydrogen (secondary N) is 1. The van der Waals surface area contributed by atoms with E-state index in [4.69, 9.17) is 5.73 Å². The maximum atomic E-state index is 11.9. The maximum Gasteiger partial charge on any atom is 0.321 e. The minimum absolute atomic E-state index is 0.0414. The second kappa shape index (κ2) is 5.63. The molecule has 3 N–H and O–H groups in total. The lowest BCUT2D eigenvalue weighted by atomic mass is 10.2. The molecule has 1 saturated heterocycles. The number of hydrogen-bond acceptors (Lipinski definition) is 7. The highest BCUT2D eigenvalue weighted by molar-refractivity contribution is 5.99. The number of nitrogens with zero attached hydrogens (tertiary/aromatic N) is 3. The van der Waals surface area contributed by atoms with Crippen LogP contribution in [0.2, 0.25) is 0 Å². The first-order valence-electron chi connectivity index (χ1n) is 6.11. The lowest BCUT2D eigenvalue weighted by molar-refractivity contribution is -0.393. The number of non-ortho nitro benzene ring substituents is 1. The van der Waals surface area contributed by atoms with Crippen LogP contribution in [0.15, 0.2) is 18.2 Å². The van der Waals surface area contributed by atoms with Crippen LogP contribution in [0.5, 0.6) is 0 Å². The third kappa shape index (κ3) is 2.77. The molecule has 1 aromatic rings. The summed E-state index contributed by atoms with van der Waals surface area (Å²) in [6, 6.07) is 1.28. The van der Waals surface area contributed by atoms with Crippen molar-refractivity contribution in [1.29, 1.82) is 0 Å². The maximum absolute atomic E-state index is 11.9. The van der Waals surface area contributed by atoms with E-state index in [1.165, 1.54) is 0 Å². The first kappa shape index (κ1) is 15.2. The molecule has 0 unspecified atom stereocenters. The number of hydrogen-bond donors (Lipinski definition) is 2. The fourth-order valence-electron chi connectivity index (χ4n) is 2.13. The van der Waals surface area contributed by atoms with E-state index in [2.05, 4.69) is 5.32 Å². The Morgan fingerprint density at radius 3 is 2.50 bits per heavy atom. The zero-order chi connectivity index (χ0) is 16.4. The van der Waals surface area contributed by atoms with Crippen LogP contribution in [0.1, 0.15) is 6.42 Å². The molecule has 0 spiro atoms. The molecule has 11 heteroatoms. The monoisotopic (exact) mass is 309 g/mol. The highest BCUT2D eigenvalue weighted by atomic mass is 16.6. The lowest BCUT2D eigenvalue weighted by Gasteiger charge is -2.14. The van der Waals surface area contributed by atoms with Crippen LogP contribution in [-0.2, 0) is 4.79 Å². The molecular formula is C11H11N5O6. The minimum atomic E-state index is -0.896. The van der Waals surface area contributed by atoms with Crippen LogP contribution in [0.25, 0.3) is 0 Å². The van der Waals surface area contributed by atoms with Crippen molar-refractivity contribution in [2.45, 2.75) is 12.5 Å². The van der Waals surface area contributed by atoms with E-state index in [-0.39, 0.29) is 18.7 Å². The van der Waals surface area contributed by atoms with Crippen molar-refractivity contribution in [1.82, 2.24) is 4.90 Å². The molecule has 0 bridgehead atoms. The van der Waals surface area contributed by atoms with Gasteiger partial charge in [-0.1, -0.05) is 0 Å². The summed E-state index contributed by atoms with van der Waals surface area (Å²) in [5.74, 6) is -0.597. The summed E-state index contributed by atoms with van der Waals surface area (Å²) in [5, 5.41) is 24.3. The number of benzene rings is 1. The highest BCUT2D eigenvalue weighted by Crippen LogP contribution is 2.30. The average Bonchev–Trinajstić information content (AvgIpc) is 2.80. The van der Waals surface area contributed by atoms with Gasteiger partial charge in [0.05, 0.1) is 15.9 Å². The largest absolute Gasteiger partial charge is 0.368 e. The van der Waals surface area contributed by atoms with E-state index < -0.39 is 39.2 Å². The molecule has 0 aliphatic carbocycles. The Balaban J connectivity index is 2.27. The van der Waals surface area contributed by atoms with Crippen LogP contribution in [-0.4, -0.2) is 39.3 Å². The van der Waals surface area contributed by atoms with Gasteiger partial charge >= 0.3 is 6.03 Å². The highest BCUT2D eigenvalue weighted by Gasteiger charge is 2.35. The van der Waals surface area contributed by atoms with Gasteiger partial charge in [0.2, 0.25) is 0 Å². The number of carbonyl (C=O) groups is 2. The number of nitrogens with two attached hydrogens (primary N) is 1. The Morgan fingerprint density at radius 1 is 1.32 bits per heavy atom. The zero-order valence-corrected chi connectivity index (χ0v) is 11.1. The van der Waals surface area contributed by atoms with Gasteiger partial charge in [0, 0.05) is 12.6 Å². The number of amides is 3. The van der Waals surface area contributed by atoms with Crippen molar-refractivity contribution in [3.63, 3.8) is 0 Å². The predicted molar refractivity (Wildman–Crippen MR) is 73.1 cm³/mol. The molecule has 116 valence electrons. The Hall–Kier alpha value is -3.24. The Bertz CT molecular complexity index is 675. The molecule has 1 aliphatic heterocycles. The van der Waals surface area contributed by atoms with Crippen molar-refractivity contribution < 1.29 is 19.4 Å². The molecule has 0 radical (unpaired) electrons. The zero-order valence-electron chi connectivity index (χ0n) is 11.1. The lowest BCUT2D eigenvalue weighted by Crippen LogP contribution is -2.40.